The first-order valence-electron chi connectivity index (χ1n) is 5.63. The molecule has 0 saturated heterocycles. The lowest BCUT2D eigenvalue weighted by atomic mass is 10.1. The van der Waals surface area contributed by atoms with Crippen LogP contribution < -0.4 is 4.74 Å². The zero-order valence-corrected chi connectivity index (χ0v) is 11.5. The molecule has 1 aromatic carbocycles. The van der Waals surface area contributed by atoms with Crippen molar-refractivity contribution < 1.29 is 26.7 Å². The fraction of sp³-hybridized carbons (Fsp3) is 0.417. The van der Waals surface area contributed by atoms with E-state index in [9.17, 15) is 13.2 Å². The van der Waals surface area contributed by atoms with Crippen molar-refractivity contribution in [2.24, 2.45) is 0 Å². The van der Waals surface area contributed by atoms with Crippen LogP contribution in [0.25, 0.3) is 0 Å². The van der Waals surface area contributed by atoms with Crippen molar-refractivity contribution in [2.45, 2.75) is 25.9 Å². The predicted octanol–water partition coefficient (Wildman–Crippen LogP) is 1.40. The molecule has 0 saturated carbocycles. The van der Waals surface area contributed by atoms with Gasteiger partial charge >= 0.3 is 10.4 Å². The Morgan fingerprint density at radius 2 is 1.89 bits per heavy atom. The van der Waals surface area contributed by atoms with Gasteiger partial charge in [-0.2, -0.15) is 8.42 Å². The number of hydrogen-bond donors (Lipinski definition) is 1. The van der Waals surface area contributed by atoms with Gasteiger partial charge in [0.25, 0.3) is 0 Å². The number of hydrogen-bond acceptors (Lipinski definition) is 5. The summed E-state index contributed by atoms with van der Waals surface area (Å²) >= 11 is 0. The minimum Gasteiger partial charge on any atom is -0.497 e. The highest BCUT2D eigenvalue weighted by Crippen LogP contribution is 2.13. The molecule has 1 aromatic rings. The van der Waals surface area contributed by atoms with Crippen molar-refractivity contribution in [3.8, 4) is 5.75 Å². The van der Waals surface area contributed by atoms with Gasteiger partial charge in [-0.15, -0.1) is 0 Å². The molecule has 7 heteroatoms. The molecule has 0 aliphatic rings. The first-order valence-corrected chi connectivity index (χ1v) is 6.99. The summed E-state index contributed by atoms with van der Waals surface area (Å²) in [5.41, 5.74) is 0.924. The van der Waals surface area contributed by atoms with Crippen LogP contribution in [0.15, 0.2) is 24.3 Å². The van der Waals surface area contributed by atoms with Gasteiger partial charge in [0.05, 0.1) is 7.11 Å². The van der Waals surface area contributed by atoms with Gasteiger partial charge in [0, 0.05) is 6.42 Å². The molecular weight excluding hydrogens is 272 g/mol. The van der Waals surface area contributed by atoms with Gasteiger partial charge in [0.1, 0.15) is 11.9 Å². The minimum absolute atomic E-state index is 0.128. The summed E-state index contributed by atoms with van der Waals surface area (Å²) in [6.45, 7) is 1.28. The van der Waals surface area contributed by atoms with Gasteiger partial charge in [0.15, 0.2) is 5.78 Å². The van der Waals surface area contributed by atoms with Gasteiger partial charge in [-0.3, -0.25) is 9.35 Å². The Kier molecular flexibility index (Phi) is 5.46. The summed E-state index contributed by atoms with van der Waals surface area (Å²) in [6.07, 6.45) is -0.598. The molecule has 0 fully saturated rings. The molecule has 106 valence electrons. The van der Waals surface area contributed by atoms with Gasteiger partial charge in [0.2, 0.25) is 0 Å². The average Bonchev–Trinajstić information content (AvgIpc) is 2.34. The molecule has 0 radical (unpaired) electrons. The van der Waals surface area contributed by atoms with Gasteiger partial charge < -0.3 is 4.74 Å². The van der Waals surface area contributed by atoms with E-state index in [1.165, 1.54) is 6.92 Å². The van der Waals surface area contributed by atoms with Crippen molar-refractivity contribution in [1.29, 1.82) is 0 Å². The number of carbonyl (C=O) groups excluding carboxylic acids is 1. The summed E-state index contributed by atoms with van der Waals surface area (Å²) in [7, 11) is -3.04. The lowest BCUT2D eigenvalue weighted by molar-refractivity contribution is -0.125. The molecule has 0 spiro atoms. The van der Waals surface area contributed by atoms with Crippen LogP contribution in [-0.4, -0.2) is 32.0 Å². The van der Waals surface area contributed by atoms with Gasteiger partial charge in [-0.25, -0.2) is 4.18 Å². The number of benzene rings is 1. The zero-order valence-electron chi connectivity index (χ0n) is 10.7. The zero-order chi connectivity index (χ0) is 14.5. The van der Waals surface area contributed by atoms with E-state index in [1.807, 2.05) is 12.1 Å². The Hall–Kier alpha value is -1.44. The third kappa shape index (κ3) is 5.82. The van der Waals surface area contributed by atoms with Crippen LogP contribution in [0.4, 0.5) is 0 Å². The maximum Gasteiger partial charge on any atom is 0.398 e. The summed E-state index contributed by atoms with van der Waals surface area (Å²) in [5, 5.41) is 0. The molecule has 19 heavy (non-hydrogen) atoms. The monoisotopic (exact) mass is 288 g/mol. The number of methoxy groups -OCH3 is 1. The Morgan fingerprint density at radius 1 is 1.32 bits per heavy atom. The van der Waals surface area contributed by atoms with E-state index in [0.717, 1.165) is 11.3 Å². The molecule has 0 heterocycles. The number of aryl methyl sites for hydroxylation is 1. The number of rotatable bonds is 7. The van der Waals surface area contributed by atoms with Gasteiger partial charge in [-0.05, 0) is 31.0 Å². The number of ketones is 1. The maximum atomic E-state index is 11.6. The van der Waals surface area contributed by atoms with E-state index in [1.54, 1.807) is 19.2 Å². The normalized spacial score (nSPS) is 13.0. The van der Waals surface area contributed by atoms with Crippen molar-refractivity contribution in [3.63, 3.8) is 0 Å². The SMILES string of the molecule is COc1ccc(CCC(=O)C(C)OS(=O)(=O)O)cc1. The van der Waals surface area contributed by atoms with Crippen molar-refractivity contribution in [3.05, 3.63) is 29.8 Å². The van der Waals surface area contributed by atoms with E-state index >= 15 is 0 Å². The second kappa shape index (κ2) is 6.65. The third-order valence-corrected chi connectivity index (χ3v) is 3.07. The predicted molar refractivity (Wildman–Crippen MR) is 68.4 cm³/mol. The third-order valence-electron chi connectivity index (χ3n) is 2.54. The van der Waals surface area contributed by atoms with Crippen LogP contribution in [0.1, 0.15) is 18.9 Å². The largest absolute Gasteiger partial charge is 0.497 e. The molecule has 6 nitrogen and oxygen atoms in total. The van der Waals surface area contributed by atoms with E-state index < -0.39 is 22.3 Å². The summed E-state index contributed by atoms with van der Waals surface area (Å²) in [4.78, 5) is 11.6. The van der Waals surface area contributed by atoms with Crippen molar-refractivity contribution >= 4 is 16.2 Å². The smallest absolute Gasteiger partial charge is 0.398 e. The first-order chi connectivity index (χ1) is 8.81. The van der Waals surface area contributed by atoms with Crippen LogP contribution in [-0.2, 0) is 25.8 Å². The van der Waals surface area contributed by atoms with Crippen LogP contribution in [0.2, 0.25) is 0 Å². The van der Waals surface area contributed by atoms with E-state index in [-0.39, 0.29) is 6.42 Å². The molecule has 0 aromatic heterocycles. The number of carbonyl (C=O) groups is 1. The Bertz CT molecular complexity index is 520. The van der Waals surface area contributed by atoms with E-state index in [4.69, 9.17) is 9.29 Å². The highest BCUT2D eigenvalue weighted by atomic mass is 32.3. The molecule has 1 rings (SSSR count). The topological polar surface area (TPSA) is 89.9 Å². The standard InChI is InChI=1S/C12H16O6S/c1-9(18-19(14,15)16)12(13)8-5-10-3-6-11(17-2)7-4-10/h3-4,6-7,9H,5,8H2,1-2H3,(H,14,15,16). The van der Waals surface area contributed by atoms with Crippen LogP contribution in [0.3, 0.4) is 0 Å². The Morgan fingerprint density at radius 3 is 2.37 bits per heavy atom. The summed E-state index contributed by atoms with van der Waals surface area (Å²) in [6, 6.07) is 7.19. The molecule has 0 aliphatic carbocycles. The Labute approximate surface area is 112 Å². The lowest BCUT2D eigenvalue weighted by Crippen LogP contribution is -2.24. The molecule has 0 aliphatic heterocycles. The van der Waals surface area contributed by atoms with Crippen LogP contribution in [0.5, 0.6) is 5.75 Å². The lowest BCUT2D eigenvalue weighted by Gasteiger charge is -2.09. The quantitative estimate of drug-likeness (QED) is 0.763. The van der Waals surface area contributed by atoms with Crippen LogP contribution in [0, 0.1) is 0 Å². The summed E-state index contributed by atoms with van der Waals surface area (Å²) < 4.78 is 38.6. The minimum atomic E-state index is -4.60. The highest BCUT2D eigenvalue weighted by Gasteiger charge is 2.19. The van der Waals surface area contributed by atoms with Crippen molar-refractivity contribution in [2.75, 3.05) is 7.11 Å². The highest BCUT2D eigenvalue weighted by molar-refractivity contribution is 7.80. The van der Waals surface area contributed by atoms with E-state index in [0.29, 0.717) is 6.42 Å². The number of ether oxygens (including phenoxy) is 1. The molecule has 1 unspecified atom stereocenters. The molecule has 1 N–H and O–H groups in total. The van der Waals surface area contributed by atoms with E-state index in [2.05, 4.69) is 4.18 Å². The average molecular weight is 288 g/mol. The first kappa shape index (κ1) is 15.6. The van der Waals surface area contributed by atoms with Crippen LogP contribution >= 0.6 is 0 Å². The molecule has 0 bridgehead atoms. The maximum absolute atomic E-state index is 11.6. The van der Waals surface area contributed by atoms with Gasteiger partial charge in [-0.1, -0.05) is 12.1 Å². The molecule has 0 amide bonds. The second-order valence-corrected chi connectivity index (χ2v) is 5.03. The molecular formula is C12H16O6S. The molecule has 1 atom stereocenters. The fourth-order valence-electron chi connectivity index (χ4n) is 1.50. The number of Topliss-reactive ketones (excluding diaryl/α,β-unsaturated/α-hetero) is 1. The second-order valence-electron chi connectivity index (χ2n) is 3.98. The Balaban J connectivity index is 2.49. The van der Waals surface area contributed by atoms with Crippen molar-refractivity contribution in [1.82, 2.24) is 0 Å². The fourth-order valence-corrected chi connectivity index (χ4v) is 1.97. The summed E-state index contributed by atoms with van der Waals surface area (Å²) in [5.74, 6) is 0.326.